The maximum absolute atomic E-state index is 11.7. The predicted molar refractivity (Wildman–Crippen MR) is 80.7 cm³/mol. The minimum absolute atomic E-state index is 0.245. The minimum atomic E-state index is -0.953. The Morgan fingerprint density at radius 2 is 1.62 bits per heavy atom. The van der Waals surface area contributed by atoms with E-state index in [0.29, 0.717) is 6.54 Å². The summed E-state index contributed by atoms with van der Waals surface area (Å²) >= 11 is 0. The van der Waals surface area contributed by atoms with Crippen LogP contribution in [0.15, 0.2) is 24.3 Å². The number of nitrogens with one attached hydrogen (secondary N) is 1. The van der Waals surface area contributed by atoms with E-state index in [0.717, 1.165) is 5.56 Å². The third kappa shape index (κ3) is 5.45. The van der Waals surface area contributed by atoms with Crippen molar-refractivity contribution in [1.82, 2.24) is 5.32 Å². The summed E-state index contributed by atoms with van der Waals surface area (Å²) < 4.78 is 5.19. The minimum Gasteiger partial charge on any atom is -0.478 e. The van der Waals surface area contributed by atoms with Crippen LogP contribution < -0.4 is 5.32 Å². The number of rotatable bonds is 4. The normalized spacial score (nSPS) is 11.9. The zero-order chi connectivity index (χ0) is 16.3. The standard InChI is InChI=1S/C16H23NO4/c1-15(2,3)21-14(20)17-10-16(4,5)12-8-6-11(7-9-12)13(18)19/h6-9H,10H2,1-5H3,(H,17,20)(H,18,19). The maximum atomic E-state index is 11.7. The maximum Gasteiger partial charge on any atom is 0.407 e. The van der Waals surface area contributed by atoms with E-state index in [9.17, 15) is 9.59 Å². The van der Waals surface area contributed by atoms with Gasteiger partial charge in [0.1, 0.15) is 5.60 Å². The van der Waals surface area contributed by atoms with Crippen molar-refractivity contribution in [2.24, 2.45) is 0 Å². The molecule has 5 nitrogen and oxygen atoms in total. The fourth-order valence-corrected chi connectivity index (χ4v) is 1.77. The van der Waals surface area contributed by atoms with Crippen LogP contribution >= 0.6 is 0 Å². The van der Waals surface area contributed by atoms with Gasteiger partial charge in [0.25, 0.3) is 0 Å². The van der Waals surface area contributed by atoms with E-state index in [1.165, 1.54) is 0 Å². The monoisotopic (exact) mass is 293 g/mol. The molecule has 0 saturated carbocycles. The molecule has 0 aromatic heterocycles. The predicted octanol–water partition coefficient (Wildman–Crippen LogP) is 3.19. The Labute approximate surface area is 125 Å². The van der Waals surface area contributed by atoms with Crippen LogP contribution in [0.4, 0.5) is 4.79 Å². The number of carboxylic acid groups (broad SMARTS) is 1. The molecule has 21 heavy (non-hydrogen) atoms. The van der Waals surface area contributed by atoms with Crippen LogP contribution in [-0.2, 0) is 10.2 Å². The van der Waals surface area contributed by atoms with Crippen molar-refractivity contribution >= 4 is 12.1 Å². The van der Waals surface area contributed by atoms with Crippen molar-refractivity contribution in [1.29, 1.82) is 0 Å². The van der Waals surface area contributed by atoms with Gasteiger partial charge in [-0.2, -0.15) is 0 Å². The average Bonchev–Trinajstić information content (AvgIpc) is 2.34. The summed E-state index contributed by atoms with van der Waals surface area (Å²) in [5, 5.41) is 11.6. The summed E-state index contributed by atoms with van der Waals surface area (Å²) in [7, 11) is 0. The van der Waals surface area contributed by atoms with E-state index < -0.39 is 17.7 Å². The van der Waals surface area contributed by atoms with E-state index in [1.54, 1.807) is 24.3 Å². The Morgan fingerprint density at radius 3 is 2.05 bits per heavy atom. The SMILES string of the molecule is CC(C)(C)OC(=O)NCC(C)(C)c1ccc(C(=O)O)cc1. The number of carbonyl (C=O) groups is 2. The second-order valence-electron chi connectivity index (χ2n) is 6.62. The van der Waals surface area contributed by atoms with Crippen molar-refractivity contribution in [2.45, 2.75) is 45.6 Å². The number of benzene rings is 1. The Hall–Kier alpha value is -2.04. The summed E-state index contributed by atoms with van der Waals surface area (Å²) in [6.45, 7) is 9.77. The van der Waals surface area contributed by atoms with Gasteiger partial charge in [-0.25, -0.2) is 9.59 Å². The van der Waals surface area contributed by atoms with Gasteiger partial charge in [-0.05, 0) is 38.5 Å². The van der Waals surface area contributed by atoms with E-state index in [1.807, 2.05) is 34.6 Å². The number of hydrogen-bond donors (Lipinski definition) is 2. The quantitative estimate of drug-likeness (QED) is 0.894. The van der Waals surface area contributed by atoms with Crippen LogP contribution in [0.1, 0.15) is 50.5 Å². The molecule has 0 aliphatic rings. The Morgan fingerprint density at radius 1 is 1.10 bits per heavy atom. The lowest BCUT2D eigenvalue weighted by Gasteiger charge is -2.27. The van der Waals surface area contributed by atoms with E-state index in [2.05, 4.69) is 5.32 Å². The van der Waals surface area contributed by atoms with Crippen LogP contribution in [-0.4, -0.2) is 29.3 Å². The molecule has 0 aliphatic carbocycles. The summed E-state index contributed by atoms with van der Waals surface area (Å²) in [5.74, 6) is -0.953. The van der Waals surface area contributed by atoms with Crippen molar-refractivity contribution in [3.8, 4) is 0 Å². The highest BCUT2D eigenvalue weighted by molar-refractivity contribution is 5.87. The number of ether oxygens (including phenoxy) is 1. The molecular weight excluding hydrogens is 270 g/mol. The van der Waals surface area contributed by atoms with Crippen molar-refractivity contribution in [3.63, 3.8) is 0 Å². The van der Waals surface area contributed by atoms with Crippen LogP contribution in [0, 0.1) is 0 Å². The van der Waals surface area contributed by atoms with Gasteiger partial charge >= 0.3 is 12.1 Å². The number of hydrogen-bond acceptors (Lipinski definition) is 3. The lowest BCUT2D eigenvalue weighted by Crippen LogP contribution is -2.39. The second kappa shape index (κ2) is 6.16. The third-order valence-electron chi connectivity index (χ3n) is 2.99. The summed E-state index contributed by atoms with van der Waals surface area (Å²) in [6.07, 6.45) is -0.460. The molecule has 0 atom stereocenters. The number of amides is 1. The molecule has 0 spiro atoms. The summed E-state index contributed by atoms with van der Waals surface area (Å²) in [5.41, 5.74) is 0.337. The highest BCUT2D eigenvalue weighted by Gasteiger charge is 2.23. The number of carboxylic acids is 1. The van der Waals surface area contributed by atoms with Gasteiger partial charge in [-0.1, -0.05) is 26.0 Å². The zero-order valence-corrected chi connectivity index (χ0v) is 13.2. The Balaban J connectivity index is 2.68. The highest BCUT2D eigenvalue weighted by atomic mass is 16.6. The van der Waals surface area contributed by atoms with Crippen LogP contribution in [0.3, 0.4) is 0 Å². The molecule has 0 unspecified atom stereocenters. The molecule has 0 aliphatic heterocycles. The van der Waals surface area contributed by atoms with Gasteiger partial charge in [0.05, 0.1) is 5.56 Å². The summed E-state index contributed by atoms with van der Waals surface area (Å²) in [4.78, 5) is 22.5. The van der Waals surface area contributed by atoms with Crippen molar-refractivity contribution < 1.29 is 19.4 Å². The smallest absolute Gasteiger partial charge is 0.407 e. The average molecular weight is 293 g/mol. The lowest BCUT2D eigenvalue weighted by molar-refractivity contribution is 0.0517. The van der Waals surface area contributed by atoms with Crippen molar-refractivity contribution in [2.75, 3.05) is 6.54 Å². The topological polar surface area (TPSA) is 75.6 Å². The molecule has 0 bridgehead atoms. The number of alkyl carbamates (subject to hydrolysis) is 1. The van der Waals surface area contributed by atoms with Crippen LogP contribution in [0.5, 0.6) is 0 Å². The third-order valence-corrected chi connectivity index (χ3v) is 2.99. The van der Waals surface area contributed by atoms with E-state index in [-0.39, 0.29) is 11.0 Å². The van der Waals surface area contributed by atoms with Gasteiger partial charge in [0, 0.05) is 12.0 Å². The molecule has 116 valence electrons. The number of carbonyl (C=O) groups excluding carboxylic acids is 1. The van der Waals surface area contributed by atoms with Gasteiger partial charge in [-0.3, -0.25) is 0 Å². The number of aromatic carboxylic acids is 1. The van der Waals surface area contributed by atoms with Gasteiger partial charge in [-0.15, -0.1) is 0 Å². The molecule has 2 N–H and O–H groups in total. The molecule has 1 amide bonds. The second-order valence-corrected chi connectivity index (χ2v) is 6.62. The first-order chi connectivity index (χ1) is 9.51. The van der Waals surface area contributed by atoms with Crippen molar-refractivity contribution in [3.05, 3.63) is 35.4 Å². The van der Waals surface area contributed by atoms with E-state index >= 15 is 0 Å². The Kier molecular flexibility index (Phi) is 4.99. The summed E-state index contributed by atoms with van der Waals surface area (Å²) in [6, 6.07) is 6.65. The van der Waals surface area contributed by atoms with Crippen LogP contribution in [0.2, 0.25) is 0 Å². The Bertz CT molecular complexity index is 512. The molecule has 5 heteroatoms. The molecule has 1 aromatic carbocycles. The van der Waals surface area contributed by atoms with Gasteiger partial charge in [0.15, 0.2) is 0 Å². The van der Waals surface area contributed by atoms with Gasteiger partial charge in [0.2, 0.25) is 0 Å². The van der Waals surface area contributed by atoms with Crippen LogP contribution in [0.25, 0.3) is 0 Å². The molecular formula is C16H23NO4. The fraction of sp³-hybridized carbons (Fsp3) is 0.500. The zero-order valence-electron chi connectivity index (χ0n) is 13.2. The lowest BCUT2D eigenvalue weighted by atomic mass is 9.84. The fourth-order valence-electron chi connectivity index (χ4n) is 1.77. The molecule has 1 rings (SSSR count). The molecule has 0 fully saturated rings. The molecule has 1 aromatic rings. The first-order valence-electron chi connectivity index (χ1n) is 6.82. The highest BCUT2D eigenvalue weighted by Crippen LogP contribution is 2.23. The molecule has 0 heterocycles. The van der Waals surface area contributed by atoms with Gasteiger partial charge < -0.3 is 15.2 Å². The van der Waals surface area contributed by atoms with E-state index in [4.69, 9.17) is 9.84 Å². The largest absolute Gasteiger partial charge is 0.478 e. The first kappa shape index (κ1) is 17.0. The molecule has 0 saturated heterocycles. The first-order valence-corrected chi connectivity index (χ1v) is 6.82. The molecule has 0 radical (unpaired) electrons.